The average molecular weight is 678 g/mol. The van der Waals surface area contributed by atoms with Gasteiger partial charge >= 0.3 is 6.09 Å². The number of benzene rings is 1. The Morgan fingerprint density at radius 2 is 1.68 bits per heavy atom. The van der Waals surface area contributed by atoms with Crippen LogP contribution in [0.2, 0.25) is 0 Å². The van der Waals surface area contributed by atoms with Crippen LogP contribution in [0.3, 0.4) is 0 Å². The third-order valence-electron chi connectivity index (χ3n) is 8.14. The fraction of sp³-hybridized carbons (Fsp3) is 0.625. The summed E-state index contributed by atoms with van der Waals surface area (Å²) in [6, 6.07) is 6.08. The van der Waals surface area contributed by atoms with Crippen molar-refractivity contribution >= 4 is 43.0 Å². The summed E-state index contributed by atoms with van der Waals surface area (Å²) < 4.78 is 18.8. The first-order valence-corrected chi connectivity index (χ1v) is 18.1. The second kappa shape index (κ2) is 16.9. The van der Waals surface area contributed by atoms with E-state index in [0.29, 0.717) is 24.2 Å². The van der Waals surface area contributed by atoms with E-state index in [4.69, 9.17) is 4.74 Å². The zero-order valence-electron chi connectivity index (χ0n) is 27.8. The van der Waals surface area contributed by atoms with E-state index in [9.17, 15) is 38.2 Å². The van der Waals surface area contributed by atoms with E-state index in [1.807, 2.05) is 45.9 Å². The molecule has 47 heavy (non-hydrogen) atoms. The molecule has 2 saturated heterocycles. The highest BCUT2D eigenvalue weighted by Crippen LogP contribution is 2.45. The lowest BCUT2D eigenvalue weighted by molar-refractivity contribution is -0.139. The highest BCUT2D eigenvalue weighted by Gasteiger charge is 2.45. The Hall–Kier alpha value is -3.77. The van der Waals surface area contributed by atoms with Crippen molar-refractivity contribution in [1.29, 1.82) is 0 Å². The van der Waals surface area contributed by atoms with Crippen molar-refractivity contribution < 1.29 is 43.0 Å². The smallest absolute Gasteiger partial charge is 0.410 e. The molecule has 0 saturated carbocycles. The van der Waals surface area contributed by atoms with E-state index in [1.165, 1.54) is 11.9 Å². The van der Waals surface area contributed by atoms with Crippen LogP contribution in [0.4, 0.5) is 4.79 Å². The van der Waals surface area contributed by atoms with E-state index in [1.54, 1.807) is 12.1 Å². The molecule has 3 rings (SSSR count). The number of ether oxygens (including phenoxy) is 1. The van der Waals surface area contributed by atoms with Gasteiger partial charge in [-0.1, -0.05) is 58.0 Å². The van der Waals surface area contributed by atoms with E-state index in [-0.39, 0.29) is 37.3 Å². The molecule has 0 radical (unpaired) electrons. The third-order valence-corrected chi connectivity index (χ3v) is 9.87. The molecular weight excluding hydrogens is 629 g/mol. The molecule has 260 valence electrons. The number of carbonyl (C=O) groups excluding carboxylic acids is 6. The Morgan fingerprint density at radius 3 is 2.30 bits per heavy atom. The monoisotopic (exact) mass is 677 g/mol. The van der Waals surface area contributed by atoms with Crippen LogP contribution in [0.15, 0.2) is 30.3 Å². The fourth-order valence-corrected chi connectivity index (χ4v) is 7.75. The van der Waals surface area contributed by atoms with Crippen LogP contribution in [0, 0.1) is 17.8 Å². The number of carbonyl (C=O) groups is 6. The number of imide groups is 1. The molecule has 14 nitrogen and oxygen atoms in total. The van der Waals surface area contributed by atoms with Gasteiger partial charge in [-0.2, -0.15) is 0 Å². The summed E-state index contributed by atoms with van der Waals surface area (Å²) in [6.45, 7) is 7.82. The van der Waals surface area contributed by atoms with Crippen molar-refractivity contribution in [2.75, 3.05) is 26.0 Å². The van der Waals surface area contributed by atoms with Gasteiger partial charge in [-0.25, -0.2) is 4.79 Å². The summed E-state index contributed by atoms with van der Waals surface area (Å²) >= 11 is 0. The third kappa shape index (κ3) is 10.9. The van der Waals surface area contributed by atoms with Crippen molar-refractivity contribution in [3.05, 3.63) is 35.9 Å². The van der Waals surface area contributed by atoms with E-state index in [0.717, 1.165) is 5.56 Å². The van der Waals surface area contributed by atoms with E-state index < -0.39 is 80.0 Å². The van der Waals surface area contributed by atoms with Gasteiger partial charge in [-0.15, -0.1) is 0 Å². The lowest BCUT2D eigenvalue weighted by atomic mass is 9.96. The molecule has 0 bridgehead atoms. The number of likely N-dealkylation sites (tertiary alicyclic amines) is 2. The van der Waals surface area contributed by atoms with E-state index >= 15 is 0 Å². The van der Waals surface area contributed by atoms with Gasteiger partial charge in [-0.05, 0) is 43.1 Å². The molecule has 4 N–H and O–H groups in total. The Balaban J connectivity index is 1.62. The maximum atomic E-state index is 13.4. The van der Waals surface area contributed by atoms with Gasteiger partial charge in [0.2, 0.25) is 31.0 Å². The molecule has 1 aromatic rings. The number of rotatable bonds is 15. The molecule has 0 aromatic heterocycles. The molecule has 0 spiro atoms. The normalized spacial score (nSPS) is 20.6. The molecular formula is C32H48N5O9P. The summed E-state index contributed by atoms with van der Waals surface area (Å²) in [4.78, 5) is 90.5. The average Bonchev–Trinajstić information content (AvgIpc) is 3.60. The minimum atomic E-state index is -4.28. The van der Waals surface area contributed by atoms with Crippen molar-refractivity contribution in [3.8, 4) is 0 Å². The van der Waals surface area contributed by atoms with Gasteiger partial charge in [0.15, 0.2) is 0 Å². The van der Waals surface area contributed by atoms with Crippen LogP contribution < -0.4 is 16.0 Å². The summed E-state index contributed by atoms with van der Waals surface area (Å²) in [6.07, 6.45) is -0.904. The summed E-state index contributed by atoms with van der Waals surface area (Å²) in [5, 5.41) is 7.77. The van der Waals surface area contributed by atoms with Gasteiger partial charge in [0.1, 0.15) is 31.0 Å². The quantitative estimate of drug-likeness (QED) is 0.159. The van der Waals surface area contributed by atoms with Crippen LogP contribution in [-0.4, -0.2) is 94.5 Å². The van der Waals surface area contributed by atoms with Crippen LogP contribution in [0.5, 0.6) is 0 Å². The van der Waals surface area contributed by atoms with Gasteiger partial charge in [0, 0.05) is 25.7 Å². The lowest BCUT2D eigenvalue weighted by Gasteiger charge is -2.27. The van der Waals surface area contributed by atoms with Crippen molar-refractivity contribution in [1.82, 2.24) is 25.8 Å². The molecule has 2 aliphatic heterocycles. The topological polar surface area (TPSA) is 192 Å². The number of nitrogens with one attached hydrogen (secondary N) is 3. The number of amides is 6. The minimum absolute atomic E-state index is 0.0303. The van der Waals surface area contributed by atoms with Gasteiger partial charge in [-0.3, -0.25) is 38.3 Å². The van der Waals surface area contributed by atoms with Crippen molar-refractivity contribution in [2.45, 2.75) is 84.5 Å². The predicted molar refractivity (Wildman–Crippen MR) is 173 cm³/mol. The van der Waals surface area contributed by atoms with Crippen LogP contribution >= 0.6 is 7.37 Å². The molecule has 1 aromatic carbocycles. The molecule has 2 aliphatic rings. The van der Waals surface area contributed by atoms with Gasteiger partial charge < -0.3 is 25.6 Å². The highest BCUT2D eigenvalue weighted by atomic mass is 31.2. The lowest BCUT2D eigenvalue weighted by Crippen LogP contribution is -2.51. The Bertz CT molecular complexity index is 1360. The second-order valence-corrected chi connectivity index (χ2v) is 15.5. The molecule has 2 heterocycles. The number of likely N-dealkylation sites (N-methyl/N-ethyl adjacent to an activating group) is 1. The summed E-state index contributed by atoms with van der Waals surface area (Å²) in [7, 11) is -2.82. The van der Waals surface area contributed by atoms with Gasteiger partial charge in [0.05, 0.1) is 6.42 Å². The predicted octanol–water partition coefficient (Wildman–Crippen LogP) is 2.20. The molecule has 0 aliphatic carbocycles. The maximum absolute atomic E-state index is 13.4. The SMILES string of the molecule is CNC(=O)[C@H](CC(C)C)NC(=O)C(CC(C)C)CP(=O)(O)CN1C(=O)C[C@@H](NC(=O)[C@@H]2CCCN2C(=O)OCc2ccccc2)C1=O. The Morgan fingerprint density at radius 1 is 1.02 bits per heavy atom. The van der Waals surface area contributed by atoms with Crippen molar-refractivity contribution in [3.63, 3.8) is 0 Å². The first-order valence-electron chi connectivity index (χ1n) is 16.1. The molecule has 2 unspecified atom stereocenters. The van der Waals surface area contributed by atoms with E-state index in [2.05, 4.69) is 16.0 Å². The Labute approximate surface area is 275 Å². The first-order chi connectivity index (χ1) is 22.1. The van der Waals surface area contributed by atoms with Crippen LogP contribution in [0.25, 0.3) is 0 Å². The molecule has 2 fully saturated rings. The molecule has 5 atom stereocenters. The van der Waals surface area contributed by atoms with Crippen molar-refractivity contribution in [2.24, 2.45) is 17.8 Å². The van der Waals surface area contributed by atoms with Crippen LogP contribution in [-0.2, 0) is 39.9 Å². The zero-order chi connectivity index (χ0) is 34.9. The maximum Gasteiger partial charge on any atom is 0.410 e. The summed E-state index contributed by atoms with van der Waals surface area (Å²) in [5.74, 6) is -4.03. The fourth-order valence-electron chi connectivity index (χ4n) is 5.90. The minimum Gasteiger partial charge on any atom is -0.445 e. The number of hydrogen-bond acceptors (Lipinski definition) is 8. The second-order valence-electron chi connectivity index (χ2n) is 13.1. The highest BCUT2D eigenvalue weighted by molar-refractivity contribution is 7.58. The molecule has 15 heteroatoms. The number of nitrogens with zero attached hydrogens (tertiary/aromatic N) is 2. The molecule has 6 amide bonds. The first kappa shape index (κ1) is 37.7. The summed E-state index contributed by atoms with van der Waals surface area (Å²) in [5.41, 5.74) is 0.785. The van der Waals surface area contributed by atoms with Crippen LogP contribution in [0.1, 0.15) is 65.4 Å². The zero-order valence-corrected chi connectivity index (χ0v) is 28.7. The van der Waals surface area contributed by atoms with Gasteiger partial charge in [0.25, 0.3) is 5.91 Å². The largest absolute Gasteiger partial charge is 0.445 e. The number of hydrogen-bond donors (Lipinski definition) is 4. The Kier molecular flexibility index (Phi) is 13.5. The standard InChI is InChI=1S/C32H48N5O9P/c1-20(2)14-23(28(39)34-24(15-21(3)4)29(40)33-5)18-47(44,45)19-37-27(38)16-25(31(37)42)35-30(41)26-12-9-13-36(26)32(43)46-17-22-10-7-6-8-11-22/h6-8,10-11,20-21,23-26H,9,12-19H2,1-5H3,(H,33,40)(H,34,39)(H,35,41)(H,44,45)/t23?,24-,25+,26-/m0/s1.